The van der Waals surface area contributed by atoms with Gasteiger partial charge in [0, 0.05) is 17.6 Å². The predicted octanol–water partition coefficient (Wildman–Crippen LogP) is 3.63. The van der Waals surface area contributed by atoms with Crippen LogP contribution in [0.5, 0.6) is 0 Å². The van der Waals surface area contributed by atoms with Crippen LogP contribution in [-0.2, 0) is 6.42 Å². The van der Waals surface area contributed by atoms with Crippen LogP contribution in [0.15, 0.2) is 54.2 Å². The van der Waals surface area contributed by atoms with E-state index in [2.05, 4.69) is 33.5 Å². The molecule has 1 aromatic carbocycles. The number of aromatic nitrogens is 2. The standard InChI is InChI=1S/C19H17N3OS/c1-13-11-21-16(12-20-13)19(23)22-9-7-17-15(8-10-24-17)18(22)14-5-3-2-4-6-14/h2-6,8,10-12,18H,7,9H2,1H3. The number of rotatable bonds is 2. The molecule has 0 N–H and O–H groups in total. The van der Waals surface area contributed by atoms with Crippen LogP contribution in [-0.4, -0.2) is 27.3 Å². The molecule has 4 nitrogen and oxygen atoms in total. The van der Waals surface area contributed by atoms with Gasteiger partial charge in [-0.3, -0.25) is 9.78 Å². The summed E-state index contributed by atoms with van der Waals surface area (Å²) >= 11 is 1.77. The lowest BCUT2D eigenvalue weighted by molar-refractivity contribution is 0.0689. The summed E-state index contributed by atoms with van der Waals surface area (Å²) in [5, 5.41) is 2.11. The number of aryl methyl sites for hydroxylation is 1. The maximum atomic E-state index is 13.1. The fourth-order valence-electron chi connectivity index (χ4n) is 3.18. The monoisotopic (exact) mass is 335 g/mol. The Morgan fingerprint density at radius 2 is 2.00 bits per heavy atom. The van der Waals surface area contributed by atoms with Crippen LogP contribution in [0.4, 0.5) is 0 Å². The number of hydrogen-bond donors (Lipinski definition) is 0. The van der Waals surface area contributed by atoms with Crippen LogP contribution in [0.25, 0.3) is 0 Å². The first kappa shape index (κ1) is 15.0. The van der Waals surface area contributed by atoms with Crippen LogP contribution >= 0.6 is 11.3 Å². The highest BCUT2D eigenvalue weighted by Crippen LogP contribution is 2.38. The Morgan fingerprint density at radius 3 is 2.75 bits per heavy atom. The Labute approximate surface area is 144 Å². The van der Waals surface area contributed by atoms with Crippen molar-refractivity contribution >= 4 is 17.2 Å². The molecule has 1 aliphatic heterocycles. The van der Waals surface area contributed by atoms with E-state index in [0.717, 1.165) is 17.7 Å². The zero-order valence-electron chi connectivity index (χ0n) is 13.3. The number of carbonyl (C=O) groups is 1. The lowest BCUT2D eigenvalue weighted by atomic mass is 9.93. The predicted molar refractivity (Wildman–Crippen MR) is 94.1 cm³/mol. The molecule has 1 atom stereocenters. The summed E-state index contributed by atoms with van der Waals surface area (Å²) in [6, 6.07) is 12.3. The molecule has 0 aliphatic carbocycles. The normalized spacial score (nSPS) is 16.7. The maximum Gasteiger partial charge on any atom is 0.274 e. The van der Waals surface area contributed by atoms with Gasteiger partial charge in [0.1, 0.15) is 5.69 Å². The Morgan fingerprint density at radius 1 is 1.17 bits per heavy atom. The minimum absolute atomic E-state index is 0.0585. The highest BCUT2D eigenvalue weighted by molar-refractivity contribution is 7.10. The number of hydrogen-bond acceptors (Lipinski definition) is 4. The molecular formula is C19H17N3OS. The van der Waals surface area contributed by atoms with Gasteiger partial charge in [-0.2, -0.15) is 0 Å². The smallest absolute Gasteiger partial charge is 0.274 e. The van der Waals surface area contributed by atoms with Crippen molar-refractivity contribution in [1.29, 1.82) is 0 Å². The molecule has 2 aromatic heterocycles. The molecule has 0 saturated heterocycles. The molecule has 1 amide bonds. The summed E-state index contributed by atoms with van der Waals surface area (Å²) in [4.78, 5) is 24.8. The quantitative estimate of drug-likeness (QED) is 0.718. The van der Waals surface area contributed by atoms with Gasteiger partial charge in [-0.1, -0.05) is 30.3 Å². The second-order valence-electron chi connectivity index (χ2n) is 5.90. The van der Waals surface area contributed by atoms with Crippen LogP contribution in [0.1, 0.15) is 38.2 Å². The van der Waals surface area contributed by atoms with E-state index >= 15 is 0 Å². The third-order valence-corrected chi connectivity index (χ3v) is 5.34. The van der Waals surface area contributed by atoms with E-state index in [1.54, 1.807) is 23.7 Å². The third-order valence-electron chi connectivity index (χ3n) is 4.34. The highest BCUT2D eigenvalue weighted by atomic mass is 32.1. The van der Waals surface area contributed by atoms with Crippen molar-refractivity contribution in [2.45, 2.75) is 19.4 Å². The zero-order valence-corrected chi connectivity index (χ0v) is 14.2. The molecule has 3 aromatic rings. The van der Waals surface area contributed by atoms with Crippen molar-refractivity contribution in [3.63, 3.8) is 0 Å². The number of fused-ring (bicyclic) bond motifs is 1. The fraction of sp³-hybridized carbons (Fsp3) is 0.211. The molecule has 0 saturated carbocycles. The Balaban J connectivity index is 1.76. The molecule has 24 heavy (non-hydrogen) atoms. The molecule has 120 valence electrons. The topological polar surface area (TPSA) is 46.1 Å². The summed E-state index contributed by atoms with van der Waals surface area (Å²) < 4.78 is 0. The molecule has 3 heterocycles. The van der Waals surface area contributed by atoms with Crippen molar-refractivity contribution in [1.82, 2.24) is 14.9 Å². The molecule has 0 bridgehead atoms. The average Bonchev–Trinajstić information content (AvgIpc) is 3.10. The largest absolute Gasteiger partial charge is 0.326 e. The number of nitrogens with zero attached hydrogens (tertiary/aromatic N) is 3. The van der Waals surface area contributed by atoms with E-state index < -0.39 is 0 Å². The van der Waals surface area contributed by atoms with E-state index in [4.69, 9.17) is 0 Å². The number of amides is 1. The van der Waals surface area contributed by atoms with Crippen LogP contribution < -0.4 is 0 Å². The average molecular weight is 335 g/mol. The number of thiophene rings is 1. The molecule has 0 fully saturated rings. The Kier molecular flexibility index (Phi) is 3.86. The SMILES string of the molecule is Cc1cnc(C(=O)N2CCc3sccc3C2c2ccccc2)cn1. The van der Waals surface area contributed by atoms with Gasteiger partial charge in [0.15, 0.2) is 0 Å². The fourth-order valence-corrected chi connectivity index (χ4v) is 4.08. The summed E-state index contributed by atoms with van der Waals surface area (Å²) in [6.45, 7) is 2.56. The molecule has 0 radical (unpaired) electrons. The van der Waals surface area contributed by atoms with Gasteiger partial charge in [0.25, 0.3) is 5.91 Å². The van der Waals surface area contributed by atoms with Crippen molar-refractivity contribution in [3.8, 4) is 0 Å². The summed E-state index contributed by atoms with van der Waals surface area (Å²) in [6.07, 6.45) is 4.11. The van der Waals surface area contributed by atoms with E-state index in [0.29, 0.717) is 12.2 Å². The Hall–Kier alpha value is -2.53. The van der Waals surface area contributed by atoms with Gasteiger partial charge in [0.2, 0.25) is 0 Å². The van der Waals surface area contributed by atoms with E-state index in [9.17, 15) is 4.79 Å². The van der Waals surface area contributed by atoms with Crippen LogP contribution in [0, 0.1) is 6.92 Å². The molecule has 1 aliphatic rings. The first-order valence-electron chi connectivity index (χ1n) is 7.95. The minimum atomic E-state index is -0.0618. The molecular weight excluding hydrogens is 318 g/mol. The Bertz CT molecular complexity index is 858. The lowest BCUT2D eigenvalue weighted by Gasteiger charge is -2.36. The zero-order chi connectivity index (χ0) is 16.5. The van der Waals surface area contributed by atoms with Crippen molar-refractivity contribution in [2.75, 3.05) is 6.54 Å². The summed E-state index contributed by atoms with van der Waals surface area (Å²) in [5.41, 5.74) is 3.57. The van der Waals surface area contributed by atoms with Gasteiger partial charge in [0.05, 0.1) is 17.9 Å². The van der Waals surface area contributed by atoms with Crippen molar-refractivity contribution in [2.24, 2.45) is 0 Å². The number of benzene rings is 1. The second-order valence-corrected chi connectivity index (χ2v) is 6.90. The van der Waals surface area contributed by atoms with E-state index in [1.165, 1.54) is 10.4 Å². The molecule has 5 heteroatoms. The maximum absolute atomic E-state index is 13.1. The molecule has 0 spiro atoms. The summed E-state index contributed by atoms with van der Waals surface area (Å²) in [5.74, 6) is -0.0618. The van der Waals surface area contributed by atoms with Gasteiger partial charge >= 0.3 is 0 Å². The molecule has 4 rings (SSSR count). The van der Waals surface area contributed by atoms with Crippen molar-refractivity contribution < 1.29 is 4.79 Å². The van der Waals surface area contributed by atoms with E-state index in [-0.39, 0.29) is 11.9 Å². The lowest BCUT2D eigenvalue weighted by Crippen LogP contribution is -2.40. The van der Waals surface area contributed by atoms with Crippen molar-refractivity contribution in [3.05, 3.63) is 81.6 Å². The number of carbonyl (C=O) groups excluding carboxylic acids is 1. The van der Waals surface area contributed by atoms with Gasteiger partial charge in [-0.25, -0.2) is 4.98 Å². The second kappa shape index (κ2) is 6.17. The van der Waals surface area contributed by atoms with Gasteiger partial charge in [-0.15, -0.1) is 11.3 Å². The molecule has 1 unspecified atom stereocenters. The minimum Gasteiger partial charge on any atom is -0.326 e. The van der Waals surface area contributed by atoms with E-state index in [1.807, 2.05) is 30.0 Å². The van der Waals surface area contributed by atoms with Crippen LogP contribution in [0.2, 0.25) is 0 Å². The van der Waals surface area contributed by atoms with Crippen LogP contribution in [0.3, 0.4) is 0 Å². The first-order chi connectivity index (χ1) is 11.7. The summed E-state index contributed by atoms with van der Waals surface area (Å²) in [7, 11) is 0. The first-order valence-corrected chi connectivity index (χ1v) is 8.83. The van der Waals surface area contributed by atoms with Gasteiger partial charge < -0.3 is 4.90 Å². The third kappa shape index (κ3) is 2.61. The van der Waals surface area contributed by atoms with Gasteiger partial charge in [-0.05, 0) is 35.9 Å². The highest BCUT2D eigenvalue weighted by Gasteiger charge is 2.33.